The first kappa shape index (κ1) is 9.19. The first-order chi connectivity index (χ1) is 5.83. The molecule has 0 aromatic carbocycles. The van der Waals surface area contributed by atoms with E-state index in [2.05, 4.69) is 29.5 Å². The van der Waals surface area contributed by atoms with E-state index in [1.807, 2.05) is 11.7 Å². The van der Waals surface area contributed by atoms with Crippen molar-refractivity contribution < 1.29 is 0 Å². The van der Waals surface area contributed by atoms with Gasteiger partial charge in [-0.25, -0.2) is 4.68 Å². The maximum atomic E-state index is 4.10. The third-order valence-corrected chi connectivity index (χ3v) is 1.90. The molecule has 0 aliphatic carbocycles. The van der Waals surface area contributed by atoms with Crippen molar-refractivity contribution in [3.63, 3.8) is 0 Å². The SMILES string of the molecule is CCc1c(CNC)nnn1CC. The van der Waals surface area contributed by atoms with Crippen LogP contribution in [0.4, 0.5) is 0 Å². The minimum atomic E-state index is 0.809. The molecule has 1 heterocycles. The summed E-state index contributed by atoms with van der Waals surface area (Å²) < 4.78 is 1.95. The molecule has 0 bridgehead atoms. The average Bonchev–Trinajstić information content (AvgIpc) is 2.47. The Morgan fingerprint density at radius 1 is 1.42 bits per heavy atom. The lowest BCUT2D eigenvalue weighted by atomic mass is 10.2. The Morgan fingerprint density at radius 2 is 2.17 bits per heavy atom. The van der Waals surface area contributed by atoms with Gasteiger partial charge in [0.1, 0.15) is 0 Å². The maximum absolute atomic E-state index is 4.10. The van der Waals surface area contributed by atoms with Gasteiger partial charge in [-0.1, -0.05) is 12.1 Å². The first-order valence-electron chi connectivity index (χ1n) is 4.39. The fraction of sp³-hybridized carbons (Fsp3) is 0.750. The normalized spacial score (nSPS) is 10.6. The highest BCUT2D eigenvalue weighted by atomic mass is 15.4. The highest BCUT2D eigenvalue weighted by molar-refractivity contribution is 5.09. The molecule has 12 heavy (non-hydrogen) atoms. The molecular formula is C8H16N4. The van der Waals surface area contributed by atoms with Crippen LogP contribution in [0.5, 0.6) is 0 Å². The second-order valence-electron chi connectivity index (χ2n) is 2.68. The van der Waals surface area contributed by atoms with Gasteiger partial charge in [0, 0.05) is 13.1 Å². The third kappa shape index (κ3) is 1.64. The summed E-state index contributed by atoms with van der Waals surface area (Å²) in [5.74, 6) is 0. The fourth-order valence-electron chi connectivity index (χ4n) is 1.31. The Morgan fingerprint density at radius 3 is 2.67 bits per heavy atom. The summed E-state index contributed by atoms with van der Waals surface area (Å²) in [6.07, 6.45) is 0.998. The molecule has 0 atom stereocenters. The van der Waals surface area contributed by atoms with Gasteiger partial charge in [-0.05, 0) is 20.4 Å². The molecule has 0 saturated carbocycles. The molecule has 4 heteroatoms. The lowest BCUT2D eigenvalue weighted by molar-refractivity contribution is 0.601. The van der Waals surface area contributed by atoms with E-state index >= 15 is 0 Å². The van der Waals surface area contributed by atoms with Gasteiger partial charge >= 0.3 is 0 Å². The van der Waals surface area contributed by atoms with Crippen LogP contribution in [-0.4, -0.2) is 22.0 Å². The van der Waals surface area contributed by atoms with Crippen molar-refractivity contribution in [2.24, 2.45) is 0 Å². The second kappa shape index (κ2) is 4.21. The van der Waals surface area contributed by atoms with Crippen LogP contribution >= 0.6 is 0 Å². The predicted molar refractivity (Wildman–Crippen MR) is 47.8 cm³/mol. The van der Waals surface area contributed by atoms with E-state index in [-0.39, 0.29) is 0 Å². The third-order valence-electron chi connectivity index (χ3n) is 1.90. The Hall–Kier alpha value is -0.900. The van der Waals surface area contributed by atoms with E-state index in [1.54, 1.807) is 0 Å². The van der Waals surface area contributed by atoms with Crippen molar-refractivity contribution in [1.29, 1.82) is 0 Å². The van der Waals surface area contributed by atoms with Gasteiger partial charge < -0.3 is 5.32 Å². The zero-order chi connectivity index (χ0) is 8.97. The highest BCUT2D eigenvalue weighted by Gasteiger charge is 2.07. The van der Waals surface area contributed by atoms with Crippen LogP contribution in [0.3, 0.4) is 0 Å². The molecule has 0 aliphatic rings. The van der Waals surface area contributed by atoms with E-state index < -0.39 is 0 Å². The van der Waals surface area contributed by atoms with Gasteiger partial charge in [-0.3, -0.25) is 0 Å². The standard InChI is InChI=1S/C8H16N4/c1-4-8-7(6-9-3)10-11-12(8)5-2/h9H,4-6H2,1-3H3. The van der Waals surface area contributed by atoms with Gasteiger partial charge in [0.25, 0.3) is 0 Å². The van der Waals surface area contributed by atoms with E-state index in [9.17, 15) is 0 Å². The second-order valence-corrected chi connectivity index (χ2v) is 2.68. The zero-order valence-electron chi connectivity index (χ0n) is 7.96. The summed E-state index contributed by atoms with van der Waals surface area (Å²) in [6, 6.07) is 0. The van der Waals surface area contributed by atoms with E-state index in [0.29, 0.717) is 0 Å². The van der Waals surface area contributed by atoms with Gasteiger partial charge in [0.05, 0.1) is 11.4 Å². The van der Waals surface area contributed by atoms with Crippen molar-refractivity contribution in [1.82, 2.24) is 20.3 Å². The van der Waals surface area contributed by atoms with E-state index in [1.165, 1.54) is 5.69 Å². The van der Waals surface area contributed by atoms with E-state index in [0.717, 1.165) is 25.2 Å². The molecule has 0 aliphatic heterocycles. The van der Waals surface area contributed by atoms with Crippen molar-refractivity contribution >= 4 is 0 Å². The zero-order valence-corrected chi connectivity index (χ0v) is 7.96. The molecular weight excluding hydrogens is 152 g/mol. The van der Waals surface area contributed by atoms with Gasteiger partial charge in [0.2, 0.25) is 0 Å². The Kier molecular flexibility index (Phi) is 3.22. The van der Waals surface area contributed by atoms with Crippen molar-refractivity contribution in [3.8, 4) is 0 Å². The molecule has 0 unspecified atom stereocenters. The quantitative estimate of drug-likeness (QED) is 0.715. The van der Waals surface area contributed by atoms with Crippen LogP contribution in [0.1, 0.15) is 25.2 Å². The van der Waals surface area contributed by atoms with Gasteiger partial charge in [-0.2, -0.15) is 0 Å². The van der Waals surface area contributed by atoms with Crippen molar-refractivity contribution in [2.45, 2.75) is 33.4 Å². The molecule has 4 nitrogen and oxygen atoms in total. The van der Waals surface area contributed by atoms with Crippen molar-refractivity contribution in [3.05, 3.63) is 11.4 Å². The largest absolute Gasteiger partial charge is 0.314 e. The molecule has 0 fully saturated rings. The monoisotopic (exact) mass is 168 g/mol. The fourth-order valence-corrected chi connectivity index (χ4v) is 1.31. The molecule has 0 saturated heterocycles. The number of hydrogen-bond donors (Lipinski definition) is 1. The van der Waals surface area contributed by atoms with E-state index in [4.69, 9.17) is 0 Å². The molecule has 0 radical (unpaired) electrons. The summed E-state index contributed by atoms with van der Waals surface area (Å²) in [7, 11) is 1.92. The number of aromatic nitrogens is 3. The molecule has 1 aromatic heterocycles. The smallest absolute Gasteiger partial charge is 0.0996 e. The lowest BCUT2D eigenvalue weighted by Crippen LogP contribution is -2.09. The number of rotatable bonds is 4. The molecule has 1 aromatic rings. The minimum absolute atomic E-state index is 0.809. The number of nitrogens with one attached hydrogen (secondary N) is 1. The number of hydrogen-bond acceptors (Lipinski definition) is 3. The Bertz CT molecular complexity index is 241. The summed E-state index contributed by atoms with van der Waals surface area (Å²) in [5, 5.41) is 11.2. The van der Waals surface area contributed by atoms with Crippen LogP contribution in [0, 0.1) is 0 Å². The topological polar surface area (TPSA) is 42.7 Å². The Balaban J connectivity index is 2.88. The molecule has 0 amide bonds. The minimum Gasteiger partial charge on any atom is -0.314 e. The van der Waals surface area contributed by atoms with Crippen LogP contribution in [-0.2, 0) is 19.5 Å². The van der Waals surface area contributed by atoms with Crippen LogP contribution in [0.25, 0.3) is 0 Å². The molecule has 1 N–H and O–H groups in total. The lowest BCUT2D eigenvalue weighted by Gasteiger charge is -2.01. The Labute approximate surface area is 73.0 Å². The first-order valence-corrected chi connectivity index (χ1v) is 4.39. The van der Waals surface area contributed by atoms with Gasteiger partial charge in [-0.15, -0.1) is 5.10 Å². The summed E-state index contributed by atoms with van der Waals surface area (Å²) in [5.41, 5.74) is 2.31. The molecule has 1 rings (SSSR count). The summed E-state index contributed by atoms with van der Waals surface area (Å²) in [4.78, 5) is 0. The van der Waals surface area contributed by atoms with Gasteiger partial charge in [0.15, 0.2) is 0 Å². The van der Waals surface area contributed by atoms with Crippen molar-refractivity contribution in [2.75, 3.05) is 7.05 Å². The summed E-state index contributed by atoms with van der Waals surface area (Å²) in [6.45, 7) is 5.92. The average molecular weight is 168 g/mol. The number of aryl methyl sites for hydroxylation is 1. The summed E-state index contributed by atoms with van der Waals surface area (Å²) >= 11 is 0. The van der Waals surface area contributed by atoms with Crippen LogP contribution in [0.2, 0.25) is 0 Å². The predicted octanol–water partition coefficient (Wildman–Crippen LogP) is 0.580. The molecule has 0 spiro atoms. The molecule has 68 valence electrons. The number of nitrogens with zero attached hydrogens (tertiary/aromatic N) is 3. The highest BCUT2D eigenvalue weighted by Crippen LogP contribution is 2.05. The maximum Gasteiger partial charge on any atom is 0.0996 e. The van der Waals surface area contributed by atoms with Crippen LogP contribution < -0.4 is 5.32 Å². The van der Waals surface area contributed by atoms with Crippen LogP contribution in [0.15, 0.2) is 0 Å².